The van der Waals surface area contributed by atoms with E-state index in [1.54, 1.807) is 28.2 Å². The molecular weight excluding hydrogens is 1230 g/mol. The van der Waals surface area contributed by atoms with Crippen LogP contribution in [0.3, 0.4) is 0 Å². The Labute approximate surface area is 558 Å². The summed E-state index contributed by atoms with van der Waals surface area (Å²) in [5.74, 6) is 6.19. The first-order valence-corrected chi connectivity index (χ1v) is 40.1. The zero-order valence-electron chi connectivity index (χ0n) is 52.5. The largest absolute Gasteiger partial charge is 0.172 e. The highest BCUT2D eigenvalue weighted by Gasteiger charge is 2.27. The molecule has 0 amide bonds. The Morgan fingerprint density at radius 3 is 1.05 bits per heavy atom. The molecule has 0 radical (unpaired) electrons. The van der Waals surface area contributed by atoms with E-state index in [0.29, 0.717) is 0 Å². The molecule has 10 aromatic rings. The summed E-state index contributed by atoms with van der Waals surface area (Å²) in [6.07, 6.45) is 49.0. The van der Waals surface area contributed by atoms with Crippen LogP contribution in [0.15, 0.2) is 72.8 Å². The molecule has 0 saturated heterocycles. The Kier molecular flexibility index (Phi) is 25.1. The molecule has 0 unspecified atom stereocenters. The van der Waals surface area contributed by atoms with Gasteiger partial charge in [-0.1, -0.05) is 168 Å². The normalized spacial score (nSPS) is 11.7. The molecule has 0 saturated carbocycles. The predicted octanol–water partition coefficient (Wildman–Crippen LogP) is 27.7. The zero-order valence-corrected chi connectivity index (χ0v) is 59.8. The third-order valence-electron chi connectivity index (χ3n) is 17.1. The van der Waals surface area contributed by atoms with E-state index in [0.717, 1.165) is 62.3 Å². The van der Waals surface area contributed by atoms with E-state index < -0.39 is 0 Å². The van der Waals surface area contributed by atoms with Crippen molar-refractivity contribution >= 4 is 113 Å². The van der Waals surface area contributed by atoms with Crippen molar-refractivity contribution in [3.8, 4) is 104 Å². The van der Waals surface area contributed by atoms with Crippen LogP contribution in [0.4, 0.5) is 0 Å². The first kappa shape index (κ1) is 65.7. The average Bonchev–Trinajstić information content (AvgIpc) is 2.04. The van der Waals surface area contributed by atoms with E-state index in [1.165, 1.54) is 257 Å². The van der Waals surface area contributed by atoms with Gasteiger partial charge in [-0.05, 0) is 160 Å². The number of aryl methyl sites for hydroxylation is 6. The van der Waals surface area contributed by atoms with Gasteiger partial charge in [0.05, 0.1) is 22.9 Å². The molecule has 0 spiro atoms. The van der Waals surface area contributed by atoms with Crippen molar-refractivity contribution in [3.63, 3.8) is 0 Å². The smallest absolute Gasteiger partial charge is 0.115 e. The van der Waals surface area contributed by atoms with E-state index in [9.17, 15) is 0 Å². The van der Waals surface area contributed by atoms with E-state index in [1.807, 2.05) is 68.0 Å². The molecule has 0 aliphatic rings. The van der Waals surface area contributed by atoms with Gasteiger partial charge in [-0.25, -0.2) is 0 Å². The summed E-state index contributed by atoms with van der Waals surface area (Å²) in [5.41, 5.74) is 11.0. The Morgan fingerprint density at radius 1 is 0.322 bits per heavy atom. The number of hydrogen-bond donors (Lipinski definition) is 0. The van der Waals surface area contributed by atoms with E-state index in [-0.39, 0.29) is 0 Å². The van der Waals surface area contributed by atoms with Crippen molar-refractivity contribution in [2.24, 2.45) is 0 Å². The highest BCUT2D eigenvalue weighted by atomic mass is 32.1. The van der Waals surface area contributed by atoms with Crippen LogP contribution in [-0.4, -0.2) is 8.75 Å². The number of thiophene rings is 8. The van der Waals surface area contributed by atoms with Gasteiger partial charge >= 0.3 is 0 Å². The van der Waals surface area contributed by atoms with Gasteiger partial charge in [0.25, 0.3) is 0 Å². The van der Waals surface area contributed by atoms with Gasteiger partial charge in [0.2, 0.25) is 0 Å². The lowest BCUT2D eigenvalue weighted by molar-refractivity contribution is 0.607. The zero-order chi connectivity index (χ0) is 60.5. The number of benzene rings is 1. The van der Waals surface area contributed by atoms with Gasteiger partial charge in [0, 0.05) is 89.2 Å². The van der Waals surface area contributed by atoms with Crippen LogP contribution in [0.25, 0.3) is 90.4 Å². The number of unbranched alkanes of at least 4 members (excludes halogenated alkanes) is 20. The summed E-state index contributed by atoms with van der Waals surface area (Å²) in [6.45, 7) is 13.8. The highest BCUT2D eigenvalue weighted by Crippen LogP contribution is 2.52. The molecule has 9 aromatic heterocycles. The maximum Gasteiger partial charge on any atom is 0.115 e. The van der Waals surface area contributed by atoms with Crippen LogP contribution in [0.5, 0.6) is 0 Å². The monoisotopic (exact) mass is 1320 g/mol. The molecule has 0 aliphatic heterocycles. The molecule has 1 aromatic carbocycles. The molecule has 9 heterocycles. The van der Waals surface area contributed by atoms with Crippen LogP contribution >= 0.6 is 102 Å². The molecular formula is C76H88N2S9. The summed E-state index contributed by atoms with van der Waals surface area (Å²) in [6, 6.07) is 28.7. The molecule has 0 fully saturated rings. The number of nitrogens with zero attached hydrogens (tertiary/aromatic N) is 2. The maximum atomic E-state index is 6.56. The fraction of sp³-hybridized carbons (Fsp3) is 0.447. The first-order chi connectivity index (χ1) is 42.7. The van der Waals surface area contributed by atoms with E-state index >= 15 is 0 Å². The number of hydrogen-bond acceptors (Lipinski definition) is 11. The van der Waals surface area contributed by atoms with Crippen LogP contribution in [0.2, 0.25) is 0 Å². The SMILES string of the molecule is C#Cc1c(C#C)c(-c2ccc(-c3cc(CCCCCCCC)c(-c4ccc(-c5sc(-c6ccc(-c7sc(C)cc7CCCCCCCC)s6)cc5CCCCCCCC)s4)s3)s2)c2nsnc2c1-c1ccc(-c2cc(CCCCCCCC)c(C)s2)s1. The lowest BCUT2D eigenvalue weighted by Crippen LogP contribution is -1.95. The second-order valence-corrected chi connectivity index (χ2v) is 33.3. The summed E-state index contributed by atoms with van der Waals surface area (Å²) < 4.78 is 9.98. The predicted molar refractivity (Wildman–Crippen MR) is 398 cm³/mol. The molecule has 0 aliphatic carbocycles. The average molecular weight is 1320 g/mol. The first-order valence-electron chi connectivity index (χ1n) is 32.9. The molecule has 2 nitrogen and oxygen atoms in total. The number of fused-ring (bicyclic) bond motifs is 1. The number of aromatic nitrogens is 2. The summed E-state index contributed by atoms with van der Waals surface area (Å²) >= 11 is 16.7. The standard InChI is InChI=1S/C76H88N2S9/c1-9-15-19-23-27-31-35-53-48-67(80-52(53)8)59-39-42-62(81-59)70-57(13-5)58(14-6)71(73-72(70)77-87-78-73)63-43-40-60(82-63)68-49-55(37-33-29-25-21-17-11-3)75(85-68)65-45-46-66(84-65)76-56(38-34-30-26-22-18-12-4)50-69(86-76)61-41-44-64(83-61)74-54(47-51(7)79-74)36-32-28-24-20-16-10-2/h5-6,39-50H,9-12,15-38H2,1-4,7-8H3. The summed E-state index contributed by atoms with van der Waals surface area (Å²) in [5, 5.41) is 0. The summed E-state index contributed by atoms with van der Waals surface area (Å²) in [7, 11) is 0. The molecule has 11 heteroatoms. The second-order valence-electron chi connectivity index (χ2n) is 23.8. The molecule has 87 heavy (non-hydrogen) atoms. The lowest BCUT2D eigenvalue weighted by Gasteiger charge is -2.11. The minimum Gasteiger partial charge on any atom is -0.172 e. The number of rotatable bonds is 36. The van der Waals surface area contributed by atoms with E-state index in [4.69, 9.17) is 21.6 Å². The Bertz CT molecular complexity index is 3860. The van der Waals surface area contributed by atoms with Gasteiger partial charge in [-0.2, -0.15) is 8.75 Å². The van der Waals surface area contributed by atoms with Crippen molar-refractivity contribution in [2.45, 2.75) is 221 Å². The van der Waals surface area contributed by atoms with Crippen LogP contribution < -0.4 is 0 Å². The Balaban J connectivity index is 0.935. The molecule has 456 valence electrons. The van der Waals surface area contributed by atoms with Crippen molar-refractivity contribution in [1.82, 2.24) is 8.75 Å². The Hall–Kier alpha value is -4.24. The molecule has 0 atom stereocenters. The van der Waals surface area contributed by atoms with Crippen molar-refractivity contribution < 1.29 is 0 Å². The highest BCUT2D eigenvalue weighted by molar-refractivity contribution is 7.31. The van der Waals surface area contributed by atoms with Crippen LogP contribution in [0.1, 0.15) is 225 Å². The van der Waals surface area contributed by atoms with Crippen molar-refractivity contribution in [1.29, 1.82) is 0 Å². The molecule has 0 N–H and O–H groups in total. The van der Waals surface area contributed by atoms with Crippen molar-refractivity contribution in [2.75, 3.05) is 0 Å². The van der Waals surface area contributed by atoms with Gasteiger partial charge < -0.3 is 0 Å². The van der Waals surface area contributed by atoms with Crippen LogP contribution in [-0.2, 0) is 25.7 Å². The maximum absolute atomic E-state index is 6.56. The van der Waals surface area contributed by atoms with Crippen LogP contribution in [0, 0.1) is 38.5 Å². The minimum atomic E-state index is 0.726. The number of terminal acetylenes is 2. The van der Waals surface area contributed by atoms with Gasteiger partial charge in [0.15, 0.2) is 0 Å². The van der Waals surface area contributed by atoms with Gasteiger partial charge in [0.1, 0.15) is 11.0 Å². The Morgan fingerprint density at radius 2 is 0.632 bits per heavy atom. The second kappa shape index (κ2) is 33.2. The lowest BCUT2D eigenvalue weighted by atomic mass is 9.92. The molecule has 0 bridgehead atoms. The quantitative estimate of drug-likeness (QED) is 0.0289. The van der Waals surface area contributed by atoms with E-state index in [2.05, 4.69) is 126 Å². The molecule has 10 rings (SSSR count). The van der Waals surface area contributed by atoms with Crippen molar-refractivity contribution in [3.05, 3.63) is 116 Å². The van der Waals surface area contributed by atoms with Gasteiger partial charge in [-0.15, -0.1) is 104 Å². The summed E-state index contributed by atoms with van der Waals surface area (Å²) in [4.78, 5) is 21.5. The minimum absolute atomic E-state index is 0.726. The fourth-order valence-electron chi connectivity index (χ4n) is 12.3. The third kappa shape index (κ3) is 16.5. The third-order valence-corrected chi connectivity index (χ3v) is 27.7. The van der Waals surface area contributed by atoms with Gasteiger partial charge in [-0.3, -0.25) is 0 Å². The topological polar surface area (TPSA) is 25.8 Å². The fourth-order valence-corrected chi connectivity index (χ4v) is 22.2.